The molecule has 0 saturated heterocycles. The van der Waals surface area contributed by atoms with Gasteiger partial charge in [-0.15, -0.1) is 0 Å². The zero-order valence-electron chi connectivity index (χ0n) is 10.6. The fraction of sp³-hybridized carbons (Fsp3) is 0.250. The third kappa shape index (κ3) is 2.71. The Kier molecular flexibility index (Phi) is 3.15. The molecule has 2 aromatic rings. The van der Waals surface area contributed by atoms with E-state index in [1.54, 1.807) is 12.1 Å². The molecule has 0 unspecified atom stereocenters. The van der Waals surface area contributed by atoms with Gasteiger partial charge >= 0.3 is 0 Å². The highest BCUT2D eigenvalue weighted by Gasteiger charge is 2.30. The standard InChI is InChI=1S/C16H16O2S/c17-19(18,12-13-10-11-13)16-9-5-4-8-15(16)14-6-2-1-3-7-14/h1-9,13H,10-12H2. The van der Waals surface area contributed by atoms with E-state index in [1.807, 2.05) is 42.5 Å². The van der Waals surface area contributed by atoms with Crippen molar-refractivity contribution in [3.63, 3.8) is 0 Å². The monoisotopic (exact) mass is 272 g/mol. The summed E-state index contributed by atoms with van der Waals surface area (Å²) in [6.07, 6.45) is 2.10. The number of hydrogen-bond donors (Lipinski definition) is 0. The molecule has 2 aromatic carbocycles. The summed E-state index contributed by atoms with van der Waals surface area (Å²) in [6.45, 7) is 0. The Morgan fingerprint density at radius 3 is 2.21 bits per heavy atom. The highest BCUT2D eigenvalue weighted by molar-refractivity contribution is 7.91. The molecule has 0 aliphatic heterocycles. The Bertz CT molecular complexity index is 671. The number of rotatable bonds is 4. The van der Waals surface area contributed by atoms with E-state index >= 15 is 0 Å². The first-order valence-electron chi connectivity index (χ1n) is 6.54. The molecule has 0 bridgehead atoms. The summed E-state index contributed by atoms with van der Waals surface area (Å²) < 4.78 is 25.0. The highest BCUT2D eigenvalue weighted by atomic mass is 32.2. The Morgan fingerprint density at radius 2 is 1.53 bits per heavy atom. The largest absolute Gasteiger partial charge is 0.224 e. The van der Waals surface area contributed by atoms with Gasteiger partial charge in [-0.2, -0.15) is 0 Å². The zero-order valence-corrected chi connectivity index (χ0v) is 11.4. The molecule has 1 aliphatic carbocycles. The maximum absolute atomic E-state index is 12.5. The number of benzene rings is 2. The average molecular weight is 272 g/mol. The molecule has 3 rings (SSSR count). The van der Waals surface area contributed by atoms with Gasteiger partial charge in [0.1, 0.15) is 0 Å². The third-order valence-corrected chi connectivity index (χ3v) is 5.40. The maximum atomic E-state index is 12.5. The van der Waals surface area contributed by atoms with E-state index < -0.39 is 9.84 Å². The van der Waals surface area contributed by atoms with Gasteiger partial charge in [-0.05, 0) is 30.4 Å². The zero-order chi connectivity index (χ0) is 13.3. The molecular weight excluding hydrogens is 256 g/mol. The van der Waals surface area contributed by atoms with Crippen molar-refractivity contribution in [2.75, 3.05) is 5.75 Å². The van der Waals surface area contributed by atoms with Crippen LogP contribution < -0.4 is 0 Å². The average Bonchev–Trinajstić information content (AvgIpc) is 3.23. The van der Waals surface area contributed by atoms with E-state index in [0.29, 0.717) is 10.8 Å². The van der Waals surface area contributed by atoms with Gasteiger partial charge in [0.05, 0.1) is 10.6 Å². The molecule has 0 amide bonds. The van der Waals surface area contributed by atoms with E-state index in [2.05, 4.69) is 0 Å². The molecule has 98 valence electrons. The van der Waals surface area contributed by atoms with Gasteiger partial charge in [0.2, 0.25) is 0 Å². The molecule has 0 aromatic heterocycles. The molecule has 1 aliphatic rings. The lowest BCUT2D eigenvalue weighted by molar-refractivity contribution is 0.592. The van der Waals surface area contributed by atoms with Crippen LogP contribution in [0.2, 0.25) is 0 Å². The summed E-state index contributed by atoms with van der Waals surface area (Å²) in [5.74, 6) is 0.658. The first-order chi connectivity index (χ1) is 9.17. The quantitative estimate of drug-likeness (QED) is 0.853. The van der Waals surface area contributed by atoms with Crippen LogP contribution in [0.4, 0.5) is 0 Å². The molecule has 0 N–H and O–H groups in total. The van der Waals surface area contributed by atoms with Crippen LogP contribution in [-0.2, 0) is 9.84 Å². The Morgan fingerprint density at radius 1 is 0.895 bits per heavy atom. The summed E-state index contributed by atoms with van der Waals surface area (Å²) in [6, 6.07) is 17.0. The molecule has 1 saturated carbocycles. The topological polar surface area (TPSA) is 34.1 Å². The Balaban J connectivity index is 2.07. The number of sulfone groups is 1. The van der Waals surface area contributed by atoms with Crippen molar-refractivity contribution in [3.8, 4) is 11.1 Å². The minimum absolute atomic E-state index is 0.289. The van der Waals surface area contributed by atoms with Crippen molar-refractivity contribution in [2.45, 2.75) is 17.7 Å². The lowest BCUT2D eigenvalue weighted by Crippen LogP contribution is -2.09. The van der Waals surface area contributed by atoms with Crippen LogP contribution in [0.5, 0.6) is 0 Å². The van der Waals surface area contributed by atoms with Crippen molar-refractivity contribution >= 4 is 9.84 Å². The molecule has 2 nitrogen and oxygen atoms in total. The predicted molar refractivity (Wildman–Crippen MR) is 76.7 cm³/mol. The minimum Gasteiger partial charge on any atom is -0.224 e. The molecule has 0 atom stereocenters. The predicted octanol–water partition coefficient (Wildman–Crippen LogP) is 3.54. The SMILES string of the molecule is O=S(=O)(CC1CC1)c1ccccc1-c1ccccc1. The van der Waals surface area contributed by atoms with Crippen LogP contribution >= 0.6 is 0 Å². The number of hydrogen-bond acceptors (Lipinski definition) is 2. The maximum Gasteiger partial charge on any atom is 0.179 e. The first-order valence-corrected chi connectivity index (χ1v) is 8.19. The summed E-state index contributed by atoms with van der Waals surface area (Å²) in [7, 11) is -3.18. The van der Waals surface area contributed by atoms with E-state index in [1.165, 1.54) is 0 Å². The molecule has 19 heavy (non-hydrogen) atoms. The van der Waals surface area contributed by atoms with Gasteiger partial charge in [-0.1, -0.05) is 48.5 Å². The smallest absolute Gasteiger partial charge is 0.179 e. The van der Waals surface area contributed by atoms with Crippen LogP contribution in [0, 0.1) is 5.92 Å². The fourth-order valence-corrected chi connectivity index (χ4v) is 4.22. The van der Waals surface area contributed by atoms with Gasteiger partial charge in [-0.25, -0.2) is 8.42 Å². The van der Waals surface area contributed by atoms with Gasteiger partial charge in [0, 0.05) is 5.56 Å². The van der Waals surface area contributed by atoms with E-state index in [-0.39, 0.29) is 5.75 Å². The normalized spacial score (nSPS) is 15.4. The van der Waals surface area contributed by atoms with E-state index in [9.17, 15) is 8.42 Å². The molecule has 1 fully saturated rings. The van der Waals surface area contributed by atoms with Crippen LogP contribution in [-0.4, -0.2) is 14.2 Å². The van der Waals surface area contributed by atoms with Crippen molar-refractivity contribution in [3.05, 3.63) is 54.6 Å². The summed E-state index contributed by atoms with van der Waals surface area (Å²) in [5.41, 5.74) is 1.77. The van der Waals surface area contributed by atoms with Crippen molar-refractivity contribution < 1.29 is 8.42 Å². The van der Waals surface area contributed by atoms with Gasteiger partial charge in [0.25, 0.3) is 0 Å². The van der Waals surface area contributed by atoms with Crippen LogP contribution in [0.25, 0.3) is 11.1 Å². The molecular formula is C16H16O2S. The second-order valence-corrected chi connectivity index (χ2v) is 7.09. The molecule has 0 heterocycles. The second-order valence-electron chi connectivity index (χ2n) is 5.09. The highest BCUT2D eigenvalue weighted by Crippen LogP contribution is 2.35. The van der Waals surface area contributed by atoms with Crippen molar-refractivity contribution in [2.24, 2.45) is 5.92 Å². The second kappa shape index (κ2) is 4.82. The molecule has 0 radical (unpaired) electrons. The van der Waals surface area contributed by atoms with Crippen LogP contribution in [0.15, 0.2) is 59.5 Å². The Labute approximate surface area is 114 Å². The first kappa shape index (κ1) is 12.4. The van der Waals surface area contributed by atoms with Crippen LogP contribution in [0.3, 0.4) is 0 Å². The third-order valence-electron chi connectivity index (χ3n) is 3.46. The minimum atomic E-state index is -3.18. The van der Waals surface area contributed by atoms with E-state index in [0.717, 1.165) is 24.0 Å². The van der Waals surface area contributed by atoms with E-state index in [4.69, 9.17) is 0 Å². The van der Waals surface area contributed by atoms with Gasteiger partial charge < -0.3 is 0 Å². The summed E-state index contributed by atoms with van der Waals surface area (Å²) >= 11 is 0. The Hall–Kier alpha value is -1.61. The summed E-state index contributed by atoms with van der Waals surface area (Å²) in [4.78, 5) is 0.466. The molecule has 0 spiro atoms. The van der Waals surface area contributed by atoms with Gasteiger partial charge in [0.15, 0.2) is 9.84 Å². The van der Waals surface area contributed by atoms with Gasteiger partial charge in [-0.3, -0.25) is 0 Å². The lowest BCUT2D eigenvalue weighted by Gasteiger charge is -2.10. The van der Waals surface area contributed by atoms with Crippen molar-refractivity contribution in [1.82, 2.24) is 0 Å². The van der Waals surface area contributed by atoms with Crippen molar-refractivity contribution in [1.29, 1.82) is 0 Å². The molecule has 3 heteroatoms. The lowest BCUT2D eigenvalue weighted by atomic mass is 10.1. The fourth-order valence-electron chi connectivity index (χ4n) is 2.28. The summed E-state index contributed by atoms with van der Waals surface area (Å²) in [5, 5.41) is 0. The van der Waals surface area contributed by atoms with Crippen LogP contribution in [0.1, 0.15) is 12.8 Å².